The van der Waals surface area contributed by atoms with E-state index in [1.165, 1.54) is 16.7 Å². The Hall–Kier alpha value is -1.67. The van der Waals surface area contributed by atoms with E-state index in [0.717, 1.165) is 25.1 Å². The summed E-state index contributed by atoms with van der Waals surface area (Å²) in [4.78, 5) is 0. The highest BCUT2D eigenvalue weighted by Crippen LogP contribution is 2.38. The lowest BCUT2D eigenvalue weighted by atomic mass is 9.76. The molecule has 1 saturated heterocycles. The summed E-state index contributed by atoms with van der Waals surface area (Å²) in [6.07, 6.45) is 1.06. The van der Waals surface area contributed by atoms with Crippen LogP contribution in [0.3, 0.4) is 0 Å². The highest BCUT2D eigenvalue weighted by Gasteiger charge is 2.29. The van der Waals surface area contributed by atoms with E-state index in [1.54, 1.807) is 12.1 Å². The number of aryl methyl sites for hydroxylation is 2. The second-order valence-electron chi connectivity index (χ2n) is 6.15. The minimum atomic E-state index is -0.0828. The van der Waals surface area contributed by atoms with Gasteiger partial charge in [-0.1, -0.05) is 47.5 Å². The van der Waals surface area contributed by atoms with Crippen molar-refractivity contribution in [3.05, 3.63) is 70.5 Å². The topological polar surface area (TPSA) is 12.0 Å². The van der Waals surface area contributed by atoms with Gasteiger partial charge in [0, 0.05) is 12.5 Å². The Balaban J connectivity index is 2.00. The van der Waals surface area contributed by atoms with Crippen molar-refractivity contribution >= 4 is 0 Å². The van der Waals surface area contributed by atoms with Crippen molar-refractivity contribution in [2.75, 3.05) is 13.1 Å². The molecule has 2 aromatic carbocycles. The largest absolute Gasteiger partial charge is 0.316 e. The molecule has 2 heteroatoms. The SMILES string of the molecule is Cc1cc(C)cc(C2CCNCC2c2ccccc2F)c1. The van der Waals surface area contributed by atoms with Crippen molar-refractivity contribution in [2.45, 2.75) is 32.1 Å². The molecule has 0 aliphatic carbocycles. The third kappa shape index (κ3) is 3.01. The lowest BCUT2D eigenvalue weighted by molar-refractivity contribution is 0.393. The van der Waals surface area contributed by atoms with Crippen LogP contribution in [0.15, 0.2) is 42.5 Å². The third-order valence-corrected chi connectivity index (χ3v) is 4.46. The van der Waals surface area contributed by atoms with Gasteiger partial charge >= 0.3 is 0 Å². The van der Waals surface area contributed by atoms with Crippen molar-refractivity contribution < 1.29 is 4.39 Å². The fourth-order valence-electron chi connectivity index (χ4n) is 3.58. The van der Waals surface area contributed by atoms with Crippen molar-refractivity contribution in [3.8, 4) is 0 Å². The summed E-state index contributed by atoms with van der Waals surface area (Å²) in [7, 11) is 0. The van der Waals surface area contributed by atoms with E-state index in [1.807, 2.05) is 12.1 Å². The van der Waals surface area contributed by atoms with Crippen LogP contribution in [-0.4, -0.2) is 13.1 Å². The van der Waals surface area contributed by atoms with Crippen LogP contribution >= 0.6 is 0 Å². The van der Waals surface area contributed by atoms with Crippen LogP contribution in [0.2, 0.25) is 0 Å². The van der Waals surface area contributed by atoms with Gasteiger partial charge in [0.15, 0.2) is 0 Å². The fraction of sp³-hybridized carbons (Fsp3) is 0.368. The maximum absolute atomic E-state index is 14.2. The predicted molar refractivity (Wildman–Crippen MR) is 85.3 cm³/mol. The molecule has 1 N–H and O–H groups in total. The quantitative estimate of drug-likeness (QED) is 0.866. The minimum Gasteiger partial charge on any atom is -0.316 e. The smallest absolute Gasteiger partial charge is 0.126 e. The first-order valence-corrected chi connectivity index (χ1v) is 7.68. The molecule has 21 heavy (non-hydrogen) atoms. The molecule has 1 aliphatic rings. The van der Waals surface area contributed by atoms with Gasteiger partial charge in [-0.3, -0.25) is 0 Å². The van der Waals surface area contributed by atoms with Gasteiger partial charge in [0.05, 0.1) is 0 Å². The molecule has 0 spiro atoms. The van der Waals surface area contributed by atoms with E-state index in [9.17, 15) is 4.39 Å². The first-order chi connectivity index (χ1) is 10.1. The van der Waals surface area contributed by atoms with Gasteiger partial charge in [-0.15, -0.1) is 0 Å². The molecule has 1 fully saturated rings. The van der Waals surface area contributed by atoms with Gasteiger partial charge in [-0.2, -0.15) is 0 Å². The third-order valence-electron chi connectivity index (χ3n) is 4.46. The summed E-state index contributed by atoms with van der Waals surface area (Å²) in [6, 6.07) is 13.9. The number of rotatable bonds is 2. The maximum atomic E-state index is 14.2. The average molecular weight is 283 g/mol. The molecule has 0 radical (unpaired) electrons. The zero-order chi connectivity index (χ0) is 14.8. The van der Waals surface area contributed by atoms with Gasteiger partial charge < -0.3 is 5.32 Å². The van der Waals surface area contributed by atoms with E-state index in [0.29, 0.717) is 5.92 Å². The standard InChI is InChI=1S/C19H22FN/c1-13-9-14(2)11-15(10-13)16-7-8-21-12-18(16)17-5-3-4-6-19(17)20/h3-6,9-11,16,18,21H,7-8,12H2,1-2H3. The van der Waals surface area contributed by atoms with Gasteiger partial charge in [0.1, 0.15) is 5.82 Å². The molecule has 2 atom stereocenters. The normalized spacial score (nSPS) is 22.2. The predicted octanol–water partition coefficient (Wildman–Crippen LogP) is 4.30. The van der Waals surface area contributed by atoms with Crippen LogP contribution in [0, 0.1) is 19.7 Å². The van der Waals surface area contributed by atoms with Crippen LogP contribution in [0.4, 0.5) is 4.39 Å². The molecule has 3 rings (SSSR count). The van der Waals surface area contributed by atoms with Crippen molar-refractivity contribution in [3.63, 3.8) is 0 Å². The first kappa shape index (κ1) is 14.3. The summed E-state index contributed by atoms with van der Waals surface area (Å²) in [6.45, 7) is 6.12. The molecule has 2 unspecified atom stereocenters. The molecular formula is C19H22FN. The summed E-state index contributed by atoms with van der Waals surface area (Å²) in [5.74, 6) is 0.517. The highest BCUT2D eigenvalue weighted by molar-refractivity contribution is 5.35. The molecule has 0 amide bonds. The van der Waals surface area contributed by atoms with Crippen LogP contribution in [0.25, 0.3) is 0 Å². The monoisotopic (exact) mass is 283 g/mol. The maximum Gasteiger partial charge on any atom is 0.126 e. The van der Waals surface area contributed by atoms with Crippen molar-refractivity contribution in [1.29, 1.82) is 0 Å². The minimum absolute atomic E-state index is 0.0828. The van der Waals surface area contributed by atoms with Gasteiger partial charge in [0.2, 0.25) is 0 Å². The van der Waals surface area contributed by atoms with E-state index in [4.69, 9.17) is 0 Å². The lowest BCUT2D eigenvalue weighted by Gasteiger charge is -2.33. The Labute approximate surface area is 126 Å². The molecule has 110 valence electrons. The Kier molecular flexibility index (Phi) is 4.07. The Morgan fingerprint density at radius 2 is 1.71 bits per heavy atom. The van der Waals surface area contributed by atoms with Gasteiger partial charge in [-0.05, 0) is 49.9 Å². The number of piperidine rings is 1. The summed E-state index contributed by atoms with van der Waals surface area (Å²) in [5.41, 5.74) is 4.77. The van der Waals surface area contributed by atoms with Crippen LogP contribution in [0.1, 0.15) is 40.5 Å². The first-order valence-electron chi connectivity index (χ1n) is 7.68. The van der Waals surface area contributed by atoms with Crippen LogP contribution < -0.4 is 5.32 Å². The van der Waals surface area contributed by atoms with Crippen molar-refractivity contribution in [1.82, 2.24) is 5.32 Å². The van der Waals surface area contributed by atoms with Gasteiger partial charge in [-0.25, -0.2) is 4.39 Å². The van der Waals surface area contributed by atoms with E-state index >= 15 is 0 Å². The van der Waals surface area contributed by atoms with Crippen LogP contribution in [-0.2, 0) is 0 Å². The summed E-state index contributed by atoms with van der Waals surface area (Å²) < 4.78 is 14.2. The number of halogens is 1. The second kappa shape index (κ2) is 5.98. The summed E-state index contributed by atoms with van der Waals surface area (Å²) >= 11 is 0. The molecule has 1 nitrogen and oxygen atoms in total. The number of hydrogen-bond acceptors (Lipinski definition) is 1. The zero-order valence-electron chi connectivity index (χ0n) is 12.7. The van der Waals surface area contributed by atoms with E-state index in [-0.39, 0.29) is 11.7 Å². The molecule has 1 heterocycles. The van der Waals surface area contributed by atoms with Gasteiger partial charge in [0.25, 0.3) is 0 Å². The highest BCUT2D eigenvalue weighted by atomic mass is 19.1. The molecular weight excluding hydrogens is 261 g/mol. The fourth-order valence-corrected chi connectivity index (χ4v) is 3.58. The molecule has 0 aromatic heterocycles. The second-order valence-corrected chi connectivity index (χ2v) is 6.15. The Morgan fingerprint density at radius 1 is 1.00 bits per heavy atom. The Bertz CT molecular complexity index is 615. The molecule has 2 aromatic rings. The molecule has 0 saturated carbocycles. The summed E-state index contributed by atoms with van der Waals surface area (Å²) in [5, 5.41) is 3.42. The molecule has 1 aliphatic heterocycles. The number of hydrogen-bond donors (Lipinski definition) is 1. The Morgan fingerprint density at radius 3 is 2.43 bits per heavy atom. The number of nitrogens with one attached hydrogen (secondary N) is 1. The van der Waals surface area contributed by atoms with E-state index < -0.39 is 0 Å². The zero-order valence-corrected chi connectivity index (χ0v) is 12.7. The number of benzene rings is 2. The molecule has 0 bridgehead atoms. The average Bonchev–Trinajstić information content (AvgIpc) is 2.47. The van der Waals surface area contributed by atoms with Crippen LogP contribution in [0.5, 0.6) is 0 Å². The van der Waals surface area contributed by atoms with E-state index in [2.05, 4.69) is 37.4 Å². The van der Waals surface area contributed by atoms with Crippen molar-refractivity contribution in [2.24, 2.45) is 0 Å². The lowest BCUT2D eigenvalue weighted by Crippen LogP contribution is -2.34.